The molecular weight excluding hydrogens is 395 g/mol. The van der Waals surface area contributed by atoms with Crippen LogP contribution in [-0.4, -0.2) is 37.7 Å². The van der Waals surface area contributed by atoms with E-state index >= 15 is 0 Å². The molecule has 22 heavy (non-hydrogen) atoms. The number of nitrogens with zero attached hydrogens (tertiary/aromatic N) is 2. The van der Waals surface area contributed by atoms with Crippen molar-refractivity contribution in [2.75, 3.05) is 26.8 Å². The number of oxazole rings is 1. The van der Waals surface area contributed by atoms with Gasteiger partial charge in [-0.2, -0.15) is 0 Å². The molecule has 1 aromatic rings. The van der Waals surface area contributed by atoms with Gasteiger partial charge in [-0.25, -0.2) is 4.98 Å². The number of aryl methyl sites for hydroxylation is 2. The Morgan fingerprint density at radius 3 is 2.77 bits per heavy atom. The summed E-state index contributed by atoms with van der Waals surface area (Å²) in [6.45, 7) is 6.82. The van der Waals surface area contributed by atoms with Crippen LogP contribution in [0.4, 0.5) is 0 Å². The minimum absolute atomic E-state index is 0. The first-order valence-corrected chi connectivity index (χ1v) is 7.32. The normalized spacial score (nSPS) is 15.0. The molecule has 1 aliphatic heterocycles. The molecule has 0 aromatic carbocycles. The molecule has 7 heteroatoms. The predicted molar refractivity (Wildman–Crippen MR) is 97.7 cm³/mol. The summed E-state index contributed by atoms with van der Waals surface area (Å²) in [7, 11) is 1.76. The van der Waals surface area contributed by atoms with Gasteiger partial charge in [-0.05, 0) is 26.7 Å². The summed E-state index contributed by atoms with van der Waals surface area (Å²) < 4.78 is 10.8. The molecule has 2 N–H and O–H groups in total. The summed E-state index contributed by atoms with van der Waals surface area (Å²) in [5, 5.41) is 6.50. The molecule has 0 spiro atoms. The van der Waals surface area contributed by atoms with E-state index in [1.165, 1.54) is 5.57 Å². The number of ether oxygens (including phenoxy) is 1. The highest BCUT2D eigenvalue weighted by Gasteiger charge is 2.07. The number of rotatable bonds is 5. The molecule has 0 bridgehead atoms. The van der Waals surface area contributed by atoms with Crippen molar-refractivity contribution in [3.63, 3.8) is 0 Å². The van der Waals surface area contributed by atoms with Crippen LogP contribution in [-0.2, 0) is 11.3 Å². The minimum atomic E-state index is 0. The van der Waals surface area contributed by atoms with Crippen LogP contribution in [0.1, 0.15) is 30.2 Å². The van der Waals surface area contributed by atoms with Crippen molar-refractivity contribution < 1.29 is 9.15 Å². The van der Waals surface area contributed by atoms with E-state index in [0.29, 0.717) is 12.4 Å². The molecule has 0 aliphatic carbocycles. The number of guanidine groups is 1. The molecule has 2 rings (SSSR count). The van der Waals surface area contributed by atoms with E-state index in [9.17, 15) is 0 Å². The average molecular weight is 420 g/mol. The van der Waals surface area contributed by atoms with Crippen molar-refractivity contribution in [3.05, 3.63) is 29.0 Å². The number of aromatic nitrogens is 1. The van der Waals surface area contributed by atoms with Crippen LogP contribution in [0.3, 0.4) is 0 Å². The summed E-state index contributed by atoms with van der Waals surface area (Å²) in [5.41, 5.74) is 2.38. The van der Waals surface area contributed by atoms with Gasteiger partial charge >= 0.3 is 0 Å². The fourth-order valence-electron chi connectivity index (χ4n) is 2.13. The molecule has 0 atom stereocenters. The fourth-order valence-corrected chi connectivity index (χ4v) is 2.13. The lowest BCUT2D eigenvalue weighted by atomic mass is 10.1. The molecule has 0 radical (unpaired) electrons. The molecule has 0 unspecified atom stereocenters. The third-order valence-electron chi connectivity index (χ3n) is 3.50. The number of nitrogens with one attached hydrogen (secondary N) is 2. The molecule has 6 nitrogen and oxygen atoms in total. The second kappa shape index (κ2) is 9.83. The first-order chi connectivity index (χ1) is 10.2. The third-order valence-corrected chi connectivity index (χ3v) is 3.50. The van der Waals surface area contributed by atoms with Crippen LogP contribution in [0, 0.1) is 13.8 Å². The Morgan fingerprint density at radius 2 is 2.18 bits per heavy atom. The van der Waals surface area contributed by atoms with Gasteiger partial charge in [0.05, 0.1) is 25.5 Å². The van der Waals surface area contributed by atoms with Crippen LogP contribution in [0.25, 0.3) is 0 Å². The summed E-state index contributed by atoms with van der Waals surface area (Å²) in [6.07, 6.45) is 4.21. The van der Waals surface area contributed by atoms with Crippen LogP contribution >= 0.6 is 24.0 Å². The Hall–Kier alpha value is -1.09. The van der Waals surface area contributed by atoms with E-state index in [4.69, 9.17) is 9.15 Å². The van der Waals surface area contributed by atoms with Gasteiger partial charge in [-0.15, -0.1) is 24.0 Å². The maximum Gasteiger partial charge on any atom is 0.214 e. The monoisotopic (exact) mass is 420 g/mol. The molecule has 0 amide bonds. The molecule has 124 valence electrons. The Labute approximate surface area is 148 Å². The lowest BCUT2D eigenvalue weighted by Gasteiger charge is -2.15. The summed E-state index contributed by atoms with van der Waals surface area (Å²) >= 11 is 0. The standard InChI is InChI=1S/C15H24N4O2.HI/c1-11-12(2)21-14(19-11)10-18-15(16-3)17-7-4-13-5-8-20-9-6-13;/h5H,4,6-10H2,1-3H3,(H2,16,17,18);1H. The number of hydrogen-bond acceptors (Lipinski definition) is 4. The van der Waals surface area contributed by atoms with Crippen molar-refractivity contribution in [2.24, 2.45) is 4.99 Å². The molecule has 2 heterocycles. The van der Waals surface area contributed by atoms with Crippen molar-refractivity contribution in [1.82, 2.24) is 15.6 Å². The van der Waals surface area contributed by atoms with Crippen molar-refractivity contribution in [3.8, 4) is 0 Å². The van der Waals surface area contributed by atoms with E-state index in [-0.39, 0.29) is 24.0 Å². The highest BCUT2D eigenvalue weighted by Crippen LogP contribution is 2.10. The molecular formula is C15H25IN4O2. The number of hydrogen-bond donors (Lipinski definition) is 2. The molecule has 1 aliphatic rings. The molecule has 1 aromatic heterocycles. The second-order valence-electron chi connectivity index (χ2n) is 5.04. The third kappa shape index (κ3) is 5.96. The topological polar surface area (TPSA) is 71.7 Å². The Kier molecular flexibility index (Phi) is 8.47. The highest BCUT2D eigenvalue weighted by atomic mass is 127. The maximum atomic E-state index is 5.53. The van der Waals surface area contributed by atoms with E-state index in [1.54, 1.807) is 7.05 Å². The van der Waals surface area contributed by atoms with E-state index in [2.05, 4.69) is 26.7 Å². The zero-order valence-electron chi connectivity index (χ0n) is 13.4. The lowest BCUT2D eigenvalue weighted by molar-refractivity contribution is 0.153. The average Bonchev–Trinajstić information content (AvgIpc) is 2.82. The summed E-state index contributed by atoms with van der Waals surface area (Å²) in [6, 6.07) is 0. The maximum absolute atomic E-state index is 5.53. The zero-order valence-corrected chi connectivity index (χ0v) is 15.8. The Morgan fingerprint density at radius 1 is 1.36 bits per heavy atom. The second-order valence-corrected chi connectivity index (χ2v) is 5.04. The fraction of sp³-hybridized carbons (Fsp3) is 0.600. The minimum Gasteiger partial charge on any atom is -0.444 e. The van der Waals surface area contributed by atoms with Gasteiger partial charge in [-0.1, -0.05) is 11.6 Å². The van der Waals surface area contributed by atoms with Gasteiger partial charge in [-0.3, -0.25) is 4.99 Å². The van der Waals surface area contributed by atoms with Crippen LogP contribution in [0.2, 0.25) is 0 Å². The SMILES string of the molecule is CN=C(NCCC1=CCOCC1)NCc1nc(C)c(C)o1.I. The van der Waals surface area contributed by atoms with Gasteiger partial charge in [0, 0.05) is 13.6 Å². The molecule has 0 fully saturated rings. The van der Waals surface area contributed by atoms with Crippen molar-refractivity contribution in [1.29, 1.82) is 0 Å². The summed E-state index contributed by atoms with van der Waals surface area (Å²) in [5.74, 6) is 2.30. The van der Waals surface area contributed by atoms with Crippen LogP contribution < -0.4 is 10.6 Å². The van der Waals surface area contributed by atoms with Crippen molar-refractivity contribution >= 4 is 29.9 Å². The van der Waals surface area contributed by atoms with Gasteiger partial charge in [0.25, 0.3) is 0 Å². The molecule has 0 saturated heterocycles. The van der Waals surface area contributed by atoms with Gasteiger partial charge in [0.15, 0.2) is 5.96 Å². The smallest absolute Gasteiger partial charge is 0.214 e. The Balaban J connectivity index is 0.00000242. The van der Waals surface area contributed by atoms with Crippen LogP contribution in [0.5, 0.6) is 0 Å². The van der Waals surface area contributed by atoms with E-state index in [1.807, 2.05) is 13.8 Å². The predicted octanol–water partition coefficient (Wildman–Crippen LogP) is 2.31. The van der Waals surface area contributed by atoms with Gasteiger partial charge in [0.1, 0.15) is 5.76 Å². The van der Waals surface area contributed by atoms with E-state index < -0.39 is 0 Å². The van der Waals surface area contributed by atoms with Gasteiger partial charge in [0.2, 0.25) is 5.89 Å². The van der Waals surface area contributed by atoms with Crippen LogP contribution in [0.15, 0.2) is 21.1 Å². The quantitative estimate of drug-likeness (QED) is 0.331. The lowest BCUT2D eigenvalue weighted by Crippen LogP contribution is -2.37. The number of aliphatic imine (C=N–C) groups is 1. The first-order valence-electron chi connectivity index (χ1n) is 7.32. The highest BCUT2D eigenvalue weighted by molar-refractivity contribution is 14.0. The zero-order chi connectivity index (χ0) is 15.1. The first kappa shape index (κ1) is 19.0. The molecule has 0 saturated carbocycles. The Bertz CT molecular complexity index is 506. The van der Waals surface area contributed by atoms with E-state index in [0.717, 1.165) is 50.0 Å². The van der Waals surface area contributed by atoms with Gasteiger partial charge < -0.3 is 19.8 Å². The van der Waals surface area contributed by atoms with Crippen molar-refractivity contribution in [2.45, 2.75) is 33.2 Å². The summed E-state index contributed by atoms with van der Waals surface area (Å²) in [4.78, 5) is 8.53. The number of halogens is 1. The largest absolute Gasteiger partial charge is 0.444 e.